The highest BCUT2D eigenvalue weighted by Gasteiger charge is 2.49. The summed E-state index contributed by atoms with van der Waals surface area (Å²) in [6.45, 7) is 2.71. The normalized spacial score (nSPS) is 22.7. The van der Waals surface area contributed by atoms with E-state index in [9.17, 15) is 9.59 Å². The molecule has 0 aliphatic carbocycles. The van der Waals surface area contributed by atoms with Gasteiger partial charge in [0.1, 0.15) is 24.6 Å². The number of hydrogen-bond acceptors (Lipinski definition) is 10. The molecular weight excluding hydrogens is 434 g/mol. The number of aromatic nitrogens is 4. The zero-order chi connectivity index (χ0) is 22.7. The lowest BCUT2D eigenvalue weighted by atomic mass is 10.2. The zero-order valence-electron chi connectivity index (χ0n) is 17.6. The number of rotatable bonds is 7. The summed E-state index contributed by atoms with van der Waals surface area (Å²) < 4.78 is 18.9. The molecular formula is C21H23N5O5S. The minimum absolute atomic E-state index is 0.0276. The summed E-state index contributed by atoms with van der Waals surface area (Å²) in [5, 5.41) is -0.305. The highest BCUT2D eigenvalue weighted by atomic mass is 32.2. The monoisotopic (exact) mass is 457 g/mol. The molecule has 0 saturated carbocycles. The fraction of sp³-hybridized carbons (Fsp3) is 0.381. The molecule has 1 aliphatic rings. The SMILES string of the molecule is CC(=O)OCC1OC(n2cnc3c(N)ncnc32)C(OC(C)=O)C1SCc1ccccc1. The second-order valence-electron chi connectivity index (χ2n) is 7.29. The third-order valence-electron chi connectivity index (χ3n) is 4.98. The van der Waals surface area contributed by atoms with E-state index in [4.69, 9.17) is 19.9 Å². The Hall–Kier alpha value is -3.18. The number of nitrogens with two attached hydrogens (primary N) is 1. The Morgan fingerprint density at radius 3 is 2.66 bits per heavy atom. The number of hydrogen-bond donors (Lipinski definition) is 1. The van der Waals surface area contributed by atoms with Crippen LogP contribution in [0.5, 0.6) is 0 Å². The van der Waals surface area contributed by atoms with Gasteiger partial charge in [-0.2, -0.15) is 0 Å². The third kappa shape index (κ3) is 4.68. The molecule has 1 saturated heterocycles. The molecule has 1 fully saturated rings. The maximum atomic E-state index is 12.0. The first-order valence-corrected chi connectivity index (χ1v) is 11.0. The third-order valence-corrected chi connectivity index (χ3v) is 6.44. The average molecular weight is 458 g/mol. The lowest BCUT2D eigenvalue weighted by molar-refractivity contribution is -0.152. The van der Waals surface area contributed by atoms with Gasteiger partial charge in [0, 0.05) is 19.6 Å². The molecule has 4 rings (SSSR count). The van der Waals surface area contributed by atoms with Crippen LogP contribution in [0.1, 0.15) is 25.6 Å². The Balaban J connectivity index is 1.67. The number of carbonyl (C=O) groups is 2. The largest absolute Gasteiger partial charge is 0.463 e. The molecule has 2 N–H and O–H groups in total. The molecule has 1 aliphatic heterocycles. The van der Waals surface area contributed by atoms with E-state index in [2.05, 4.69) is 15.0 Å². The van der Waals surface area contributed by atoms with Crippen molar-refractivity contribution in [3.63, 3.8) is 0 Å². The van der Waals surface area contributed by atoms with Crippen LogP contribution in [0.3, 0.4) is 0 Å². The summed E-state index contributed by atoms with van der Waals surface area (Å²) in [5.74, 6) is 0.0414. The van der Waals surface area contributed by atoms with Crippen LogP contribution in [0.4, 0.5) is 5.82 Å². The Morgan fingerprint density at radius 1 is 1.16 bits per heavy atom. The summed E-state index contributed by atoms with van der Waals surface area (Å²) in [6.07, 6.45) is 0.953. The number of thioether (sulfide) groups is 1. The van der Waals surface area contributed by atoms with Gasteiger partial charge >= 0.3 is 11.9 Å². The number of carbonyl (C=O) groups excluding carboxylic acids is 2. The molecule has 2 aromatic heterocycles. The van der Waals surface area contributed by atoms with Crippen molar-refractivity contribution in [1.82, 2.24) is 19.5 Å². The van der Waals surface area contributed by atoms with Crippen molar-refractivity contribution < 1.29 is 23.8 Å². The van der Waals surface area contributed by atoms with Crippen molar-refractivity contribution in [1.29, 1.82) is 0 Å². The van der Waals surface area contributed by atoms with Crippen LogP contribution < -0.4 is 5.73 Å². The van der Waals surface area contributed by atoms with Gasteiger partial charge in [-0.05, 0) is 5.56 Å². The number of nitrogens with zero attached hydrogens (tertiary/aromatic N) is 4. The van der Waals surface area contributed by atoms with Gasteiger partial charge in [-0.3, -0.25) is 14.2 Å². The zero-order valence-corrected chi connectivity index (χ0v) is 18.4. The number of esters is 2. The number of anilines is 1. The average Bonchev–Trinajstić information content (AvgIpc) is 3.33. The van der Waals surface area contributed by atoms with Crippen LogP contribution in [-0.4, -0.2) is 55.5 Å². The Kier molecular flexibility index (Phi) is 6.56. The molecule has 10 nitrogen and oxygen atoms in total. The summed E-state index contributed by atoms with van der Waals surface area (Å²) >= 11 is 1.57. The number of fused-ring (bicyclic) bond motifs is 1. The van der Waals surface area contributed by atoms with E-state index in [-0.39, 0.29) is 17.7 Å². The van der Waals surface area contributed by atoms with Gasteiger partial charge < -0.3 is 19.9 Å². The van der Waals surface area contributed by atoms with Gasteiger partial charge in [0.25, 0.3) is 0 Å². The maximum absolute atomic E-state index is 12.0. The van der Waals surface area contributed by atoms with Gasteiger partial charge in [-0.25, -0.2) is 15.0 Å². The van der Waals surface area contributed by atoms with Crippen LogP contribution in [-0.2, 0) is 29.6 Å². The highest BCUT2D eigenvalue weighted by Crippen LogP contribution is 2.41. The summed E-state index contributed by atoms with van der Waals surface area (Å²) in [4.78, 5) is 36.0. The standard InChI is InChI=1S/C21H23N5O5S/c1-12(27)29-8-15-18(32-9-14-6-4-3-5-7-14)17(30-13(2)28)21(31-15)26-11-25-16-19(22)23-10-24-20(16)26/h3-7,10-11,15,17-18,21H,8-9H2,1-2H3,(H2,22,23,24). The predicted molar refractivity (Wildman–Crippen MR) is 117 cm³/mol. The van der Waals surface area contributed by atoms with Gasteiger partial charge in [-0.15, -0.1) is 11.8 Å². The van der Waals surface area contributed by atoms with Crippen LogP contribution in [0, 0.1) is 0 Å². The molecule has 0 amide bonds. The van der Waals surface area contributed by atoms with Gasteiger partial charge in [0.15, 0.2) is 23.8 Å². The van der Waals surface area contributed by atoms with Crippen LogP contribution in [0.2, 0.25) is 0 Å². The van der Waals surface area contributed by atoms with E-state index < -0.39 is 30.4 Å². The second-order valence-corrected chi connectivity index (χ2v) is 8.45. The number of benzene rings is 1. The molecule has 11 heteroatoms. The molecule has 1 aromatic carbocycles. The summed E-state index contributed by atoms with van der Waals surface area (Å²) in [7, 11) is 0. The molecule has 168 valence electrons. The summed E-state index contributed by atoms with van der Waals surface area (Å²) in [5.41, 5.74) is 7.91. The molecule has 32 heavy (non-hydrogen) atoms. The van der Waals surface area contributed by atoms with E-state index in [1.54, 1.807) is 16.3 Å². The molecule has 4 atom stereocenters. The molecule has 4 unspecified atom stereocenters. The number of imidazole rings is 1. The van der Waals surface area contributed by atoms with Crippen molar-refractivity contribution >= 4 is 40.7 Å². The second kappa shape index (κ2) is 9.53. The molecule has 3 aromatic rings. The minimum atomic E-state index is -0.730. The number of nitrogen functional groups attached to an aromatic ring is 1. The Labute approximate surface area is 188 Å². The first kappa shape index (κ1) is 22.0. The smallest absolute Gasteiger partial charge is 0.303 e. The first-order chi connectivity index (χ1) is 15.4. The van der Waals surface area contributed by atoms with Crippen molar-refractivity contribution in [2.24, 2.45) is 0 Å². The Bertz CT molecular complexity index is 1110. The maximum Gasteiger partial charge on any atom is 0.303 e. The van der Waals surface area contributed by atoms with Crippen molar-refractivity contribution in [2.75, 3.05) is 12.3 Å². The lowest BCUT2D eigenvalue weighted by Gasteiger charge is -2.24. The van der Waals surface area contributed by atoms with Crippen LogP contribution in [0.15, 0.2) is 43.0 Å². The fourth-order valence-electron chi connectivity index (χ4n) is 3.61. The predicted octanol–water partition coefficient (Wildman–Crippen LogP) is 2.10. The van der Waals surface area contributed by atoms with Crippen molar-refractivity contribution in [2.45, 2.75) is 43.3 Å². The molecule has 0 radical (unpaired) electrons. The van der Waals surface area contributed by atoms with Crippen molar-refractivity contribution in [3.05, 3.63) is 48.5 Å². The van der Waals surface area contributed by atoms with Gasteiger partial charge in [0.2, 0.25) is 0 Å². The molecule has 3 heterocycles. The lowest BCUT2D eigenvalue weighted by Crippen LogP contribution is -2.35. The first-order valence-electron chi connectivity index (χ1n) is 9.98. The van der Waals surface area contributed by atoms with E-state index in [1.165, 1.54) is 26.5 Å². The molecule has 0 bridgehead atoms. The van der Waals surface area contributed by atoms with Gasteiger partial charge in [0.05, 0.1) is 11.6 Å². The van der Waals surface area contributed by atoms with E-state index >= 15 is 0 Å². The van der Waals surface area contributed by atoms with Crippen molar-refractivity contribution in [3.8, 4) is 0 Å². The van der Waals surface area contributed by atoms with E-state index in [1.807, 2.05) is 30.3 Å². The number of ether oxygens (including phenoxy) is 3. The van der Waals surface area contributed by atoms with E-state index in [0.29, 0.717) is 16.9 Å². The molecule has 0 spiro atoms. The topological polar surface area (TPSA) is 131 Å². The fourth-order valence-corrected chi connectivity index (χ4v) is 4.92. The highest BCUT2D eigenvalue weighted by molar-refractivity contribution is 7.99. The quantitative estimate of drug-likeness (QED) is 0.526. The van der Waals surface area contributed by atoms with E-state index in [0.717, 1.165) is 5.56 Å². The van der Waals surface area contributed by atoms with Gasteiger partial charge in [-0.1, -0.05) is 30.3 Å². The van der Waals surface area contributed by atoms with Crippen LogP contribution >= 0.6 is 11.8 Å². The Morgan fingerprint density at radius 2 is 1.94 bits per heavy atom. The summed E-state index contributed by atoms with van der Waals surface area (Å²) in [6, 6.07) is 9.92. The minimum Gasteiger partial charge on any atom is -0.463 e. The van der Waals surface area contributed by atoms with Crippen LogP contribution in [0.25, 0.3) is 11.2 Å².